The van der Waals surface area contributed by atoms with Crippen LogP contribution in [0.2, 0.25) is 0 Å². The van der Waals surface area contributed by atoms with Crippen molar-refractivity contribution in [3.8, 4) is 0 Å². The van der Waals surface area contributed by atoms with Crippen LogP contribution in [0.15, 0.2) is 18.2 Å². The van der Waals surface area contributed by atoms with Gasteiger partial charge in [0.15, 0.2) is 0 Å². The van der Waals surface area contributed by atoms with Crippen molar-refractivity contribution in [1.82, 2.24) is 5.32 Å². The average molecular weight is 263 g/mol. The highest BCUT2D eigenvalue weighted by Gasteiger charge is 2.30. The Labute approximate surface area is 113 Å². The van der Waals surface area contributed by atoms with Crippen molar-refractivity contribution in [2.24, 2.45) is 5.73 Å². The largest absolute Gasteiger partial charge is 0.377 e. The van der Waals surface area contributed by atoms with Crippen LogP contribution in [0.4, 0.5) is 5.69 Å². The van der Waals surface area contributed by atoms with Crippen molar-refractivity contribution >= 4 is 11.6 Å². The molecular formula is C14H21N3O2. The van der Waals surface area contributed by atoms with Crippen molar-refractivity contribution in [2.75, 3.05) is 31.7 Å². The summed E-state index contributed by atoms with van der Waals surface area (Å²) in [5.41, 5.74) is 9.10. The van der Waals surface area contributed by atoms with Crippen LogP contribution in [0.5, 0.6) is 0 Å². The number of ether oxygens (including phenoxy) is 1. The molecule has 0 aromatic heterocycles. The van der Waals surface area contributed by atoms with Gasteiger partial charge in [0.05, 0.1) is 13.2 Å². The lowest BCUT2D eigenvalue weighted by molar-refractivity contribution is -0.124. The molecule has 1 atom stereocenters. The van der Waals surface area contributed by atoms with Gasteiger partial charge in [-0.3, -0.25) is 4.79 Å². The molecule has 3 N–H and O–H groups in total. The van der Waals surface area contributed by atoms with E-state index in [1.54, 1.807) is 7.05 Å². The molecule has 1 aliphatic heterocycles. The number of rotatable bonds is 3. The summed E-state index contributed by atoms with van der Waals surface area (Å²) in [5, 5.41) is 2.70. The minimum Gasteiger partial charge on any atom is -0.377 e. The Hall–Kier alpha value is -1.59. The van der Waals surface area contributed by atoms with Crippen molar-refractivity contribution < 1.29 is 9.53 Å². The molecule has 0 bridgehead atoms. The summed E-state index contributed by atoms with van der Waals surface area (Å²) in [5.74, 6) is -0.0223. The minimum atomic E-state index is -0.287. The number of aryl methyl sites for hydroxylation is 1. The molecule has 1 aliphatic rings. The van der Waals surface area contributed by atoms with Crippen LogP contribution in [0.1, 0.15) is 11.1 Å². The van der Waals surface area contributed by atoms with Crippen molar-refractivity contribution in [3.05, 3.63) is 29.3 Å². The van der Waals surface area contributed by atoms with Gasteiger partial charge in [-0.05, 0) is 18.1 Å². The maximum Gasteiger partial charge on any atom is 0.244 e. The van der Waals surface area contributed by atoms with E-state index < -0.39 is 0 Å². The Kier molecular flexibility index (Phi) is 4.39. The summed E-state index contributed by atoms with van der Waals surface area (Å²) >= 11 is 0. The number of hydrogen-bond acceptors (Lipinski definition) is 4. The molecule has 104 valence electrons. The summed E-state index contributed by atoms with van der Waals surface area (Å²) in [6.07, 6.45) is 0. The SMILES string of the molecule is CNC(=O)C1COCCN1c1c(C)cccc1CN. The fourth-order valence-corrected chi connectivity index (χ4v) is 2.55. The summed E-state index contributed by atoms with van der Waals surface area (Å²) in [6.45, 7) is 4.26. The number of likely N-dealkylation sites (N-methyl/N-ethyl adjacent to an activating group) is 1. The second kappa shape index (κ2) is 6.04. The van der Waals surface area contributed by atoms with Gasteiger partial charge in [0.1, 0.15) is 6.04 Å². The number of benzene rings is 1. The van der Waals surface area contributed by atoms with Gasteiger partial charge in [-0.1, -0.05) is 18.2 Å². The Morgan fingerprint density at radius 1 is 1.58 bits per heavy atom. The molecule has 1 aromatic carbocycles. The minimum absolute atomic E-state index is 0.0223. The smallest absolute Gasteiger partial charge is 0.244 e. The predicted octanol–water partition coefficient (Wildman–Crippen LogP) is 0.405. The zero-order chi connectivity index (χ0) is 13.8. The van der Waals surface area contributed by atoms with E-state index in [-0.39, 0.29) is 11.9 Å². The number of para-hydroxylation sites is 1. The zero-order valence-corrected chi connectivity index (χ0v) is 11.5. The maximum atomic E-state index is 12.0. The second-order valence-electron chi connectivity index (χ2n) is 4.69. The highest BCUT2D eigenvalue weighted by Crippen LogP contribution is 2.28. The van der Waals surface area contributed by atoms with E-state index in [0.717, 1.165) is 16.8 Å². The van der Waals surface area contributed by atoms with Crippen LogP contribution in [-0.2, 0) is 16.1 Å². The number of nitrogens with zero attached hydrogens (tertiary/aromatic N) is 1. The second-order valence-corrected chi connectivity index (χ2v) is 4.69. The van der Waals surface area contributed by atoms with E-state index in [0.29, 0.717) is 26.3 Å². The molecule has 0 saturated carbocycles. The van der Waals surface area contributed by atoms with E-state index in [1.165, 1.54) is 0 Å². The Morgan fingerprint density at radius 2 is 2.37 bits per heavy atom. The van der Waals surface area contributed by atoms with E-state index in [1.807, 2.05) is 25.1 Å². The molecule has 1 aromatic rings. The lowest BCUT2D eigenvalue weighted by atomic mass is 10.0. The molecule has 1 saturated heterocycles. The monoisotopic (exact) mass is 263 g/mol. The van der Waals surface area contributed by atoms with Gasteiger partial charge in [0.25, 0.3) is 0 Å². The number of nitrogens with two attached hydrogens (primary N) is 1. The van der Waals surface area contributed by atoms with E-state index in [2.05, 4.69) is 10.2 Å². The lowest BCUT2D eigenvalue weighted by Crippen LogP contribution is -2.54. The molecule has 0 spiro atoms. The standard InChI is InChI=1S/C14H21N3O2/c1-10-4-3-5-11(8-15)13(10)17-6-7-19-9-12(17)14(18)16-2/h3-5,12H,6-9,15H2,1-2H3,(H,16,18). The lowest BCUT2D eigenvalue weighted by Gasteiger charge is -2.38. The van der Waals surface area contributed by atoms with Gasteiger partial charge < -0.3 is 20.7 Å². The van der Waals surface area contributed by atoms with Crippen LogP contribution in [0.25, 0.3) is 0 Å². The van der Waals surface area contributed by atoms with E-state index in [4.69, 9.17) is 10.5 Å². The molecule has 1 amide bonds. The van der Waals surface area contributed by atoms with Crippen molar-refractivity contribution in [2.45, 2.75) is 19.5 Å². The maximum absolute atomic E-state index is 12.0. The van der Waals surface area contributed by atoms with Gasteiger partial charge in [-0.2, -0.15) is 0 Å². The quantitative estimate of drug-likeness (QED) is 0.828. The van der Waals surface area contributed by atoms with Crippen LogP contribution >= 0.6 is 0 Å². The molecule has 0 radical (unpaired) electrons. The molecule has 0 aliphatic carbocycles. The van der Waals surface area contributed by atoms with Crippen LogP contribution < -0.4 is 16.0 Å². The van der Waals surface area contributed by atoms with E-state index >= 15 is 0 Å². The van der Waals surface area contributed by atoms with Gasteiger partial charge in [0.2, 0.25) is 5.91 Å². The number of morpholine rings is 1. The third-order valence-corrected chi connectivity index (χ3v) is 3.51. The number of amides is 1. The molecule has 2 rings (SSSR count). The Balaban J connectivity index is 2.40. The van der Waals surface area contributed by atoms with Crippen LogP contribution in [-0.4, -0.2) is 38.8 Å². The first-order chi connectivity index (χ1) is 9.19. The first-order valence-electron chi connectivity index (χ1n) is 6.53. The highest BCUT2D eigenvalue weighted by molar-refractivity contribution is 5.86. The molecule has 1 fully saturated rings. The number of carbonyl (C=O) groups is 1. The third kappa shape index (κ3) is 2.72. The molecule has 5 heteroatoms. The van der Waals surface area contributed by atoms with Gasteiger partial charge in [-0.25, -0.2) is 0 Å². The van der Waals surface area contributed by atoms with Crippen LogP contribution in [0, 0.1) is 6.92 Å². The fraction of sp³-hybridized carbons (Fsp3) is 0.500. The molecular weight excluding hydrogens is 242 g/mol. The highest BCUT2D eigenvalue weighted by atomic mass is 16.5. The fourth-order valence-electron chi connectivity index (χ4n) is 2.55. The van der Waals surface area contributed by atoms with E-state index in [9.17, 15) is 4.79 Å². The average Bonchev–Trinajstić information content (AvgIpc) is 2.46. The van der Waals surface area contributed by atoms with Gasteiger partial charge >= 0.3 is 0 Å². The molecule has 5 nitrogen and oxygen atoms in total. The Bertz CT molecular complexity index is 462. The number of anilines is 1. The normalized spacial score (nSPS) is 19.3. The first-order valence-corrected chi connectivity index (χ1v) is 6.53. The zero-order valence-electron chi connectivity index (χ0n) is 11.5. The first kappa shape index (κ1) is 13.8. The number of carbonyl (C=O) groups excluding carboxylic acids is 1. The summed E-state index contributed by atoms with van der Waals surface area (Å²) in [4.78, 5) is 14.1. The van der Waals surface area contributed by atoms with Crippen molar-refractivity contribution in [3.63, 3.8) is 0 Å². The Morgan fingerprint density at radius 3 is 3.05 bits per heavy atom. The molecule has 1 heterocycles. The van der Waals surface area contributed by atoms with Crippen LogP contribution in [0.3, 0.4) is 0 Å². The molecule has 19 heavy (non-hydrogen) atoms. The van der Waals surface area contributed by atoms with Crippen molar-refractivity contribution in [1.29, 1.82) is 0 Å². The summed E-state index contributed by atoms with van der Waals surface area (Å²) in [7, 11) is 1.65. The third-order valence-electron chi connectivity index (χ3n) is 3.51. The van der Waals surface area contributed by atoms with Gasteiger partial charge in [0, 0.05) is 25.8 Å². The predicted molar refractivity (Wildman–Crippen MR) is 75.1 cm³/mol. The van der Waals surface area contributed by atoms with Gasteiger partial charge in [-0.15, -0.1) is 0 Å². The number of nitrogens with one attached hydrogen (secondary N) is 1. The summed E-state index contributed by atoms with van der Waals surface area (Å²) in [6, 6.07) is 5.77. The molecule has 1 unspecified atom stereocenters. The summed E-state index contributed by atoms with van der Waals surface area (Å²) < 4.78 is 5.44. The number of hydrogen-bond donors (Lipinski definition) is 2. The topological polar surface area (TPSA) is 67.6 Å².